The van der Waals surface area contributed by atoms with E-state index in [9.17, 15) is 4.79 Å². The summed E-state index contributed by atoms with van der Waals surface area (Å²) in [6, 6.07) is 19.9. The van der Waals surface area contributed by atoms with Gasteiger partial charge >= 0.3 is 11.7 Å². The lowest BCUT2D eigenvalue weighted by Crippen LogP contribution is -2.44. The maximum Gasteiger partial charge on any atom is 0.359 e. The molecule has 1 atom stereocenters. The summed E-state index contributed by atoms with van der Waals surface area (Å²) < 4.78 is 1.74. The van der Waals surface area contributed by atoms with Crippen molar-refractivity contribution in [3.8, 4) is 11.3 Å². The van der Waals surface area contributed by atoms with Crippen molar-refractivity contribution < 1.29 is 9.36 Å². The van der Waals surface area contributed by atoms with Gasteiger partial charge in [-0.05, 0) is 5.56 Å². The predicted octanol–water partition coefficient (Wildman–Crippen LogP) is 3.81. The summed E-state index contributed by atoms with van der Waals surface area (Å²) in [6.45, 7) is 0. The molecule has 0 radical (unpaired) electrons. The van der Waals surface area contributed by atoms with Gasteiger partial charge in [-0.25, -0.2) is 9.78 Å². The Morgan fingerprint density at radius 2 is 1.79 bits per heavy atom. The van der Waals surface area contributed by atoms with Crippen molar-refractivity contribution in [3.05, 3.63) is 90.4 Å². The highest BCUT2D eigenvalue weighted by molar-refractivity contribution is 5.94. The first-order valence-electron chi connectivity index (χ1n) is 9.84. The molecule has 5 nitrogen and oxygen atoms in total. The van der Waals surface area contributed by atoms with Crippen LogP contribution in [0.1, 0.15) is 28.9 Å². The number of allylic oxidation sites excluding steroid dienone is 1. The third-order valence-electron chi connectivity index (χ3n) is 5.31. The quantitative estimate of drug-likeness (QED) is 0.684. The molecule has 0 saturated heterocycles. The number of carbonyl (C=O) groups excluding carboxylic acids is 1. The third kappa shape index (κ3) is 3.47. The van der Waals surface area contributed by atoms with Gasteiger partial charge in [0.1, 0.15) is 17.6 Å². The zero-order chi connectivity index (χ0) is 19.6. The highest BCUT2D eigenvalue weighted by Gasteiger charge is 2.41. The van der Waals surface area contributed by atoms with E-state index < -0.39 is 0 Å². The van der Waals surface area contributed by atoms with Crippen LogP contribution >= 0.6 is 0 Å². The van der Waals surface area contributed by atoms with Crippen molar-refractivity contribution in [2.45, 2.75) is 25.3 Å². The molecule has 2 aliphatic rings. The number of nitrogens with one attached hydrogen (secondary N) is 1. The minimum Gasteiger partial charge on any atom is -0.265 e. The van der Waals surface area contributed by atoms with Crippen molar-refractivity contribution in [1.82, 2.24) is 4.98 Å². The van der Waals surface area contributed by atoms with Crippen LogP contribution in [0, 0.1) is 0 Å². The molecule has 0 amide bonds. The zero-order valence-electron chi connectivity index (χ0n) is 16.0. The number of aromatic nitrogens is 2. The van der Waals surface area contributed by atoms with E-state index in [4.69, 9.17) is 4.98 Å². The van der Waals surface area contributed by atoms with Gasteiger partial charge in [0, 0.05) is 36.7 Å². The van der Waals surface area contributed by atoms with Crippen LogP contribution < -0.4 is 9.88 Å². The van der Waals surface area contributed by atoms with Gasteiger partial charge in [-0.1, -0.05) is 66.7 Å². The first-order valence-corrected chi connectivity index (χ1v) is 9.84. The number of carbonyl (C=O) groups is 1. The minimum absolute atomic E-state index is 0.0449. The average molecular weight is 381 g/mol. The van der Waals surface area contributed by atoms with E-state index >= 15 is 0 Å². The van der Waals surface area contributed by atoms with Crippen molar-refractivity contribution in [1.29, 1.82) is 0 Å². The third-order valence-corrected chi connectivity index (χ3v) is 5.31. The molecule has 0 bridgehead atoms. The van der Waals surface area contributed by atoms with E-state index in [1.54, 1.807) is 4.57 Å². The van der Waals surface area contributed by atoms with Crippen LogP contribution in [0.4, 0.5) is 5.82 Å². The van der Waals surface area contributed by atoms with Gasteiger partial charge in [0.25, 0.3) is 0 Å². The Morgan fingerprint density at radius 1 is 1.03 bits per heavy atom. The summed E-state index contributed by atoms with van der Waals surface area (Å²) in [5.41, 5.74) is 4.87. The van der Waals surface area contributed by atoms with Gasteiger partial charge in [-0.15, -0.1) is 0 Å². The fraction of sp³-hybridized carbons (Fsp3) is 0.167. The number of hydrogen-bond donors (Lipinski definition) is 1. The van der Waals surface area contributed by atoms with Gasteiger partial charge in [0.15, 0.2) is 0 Å². The van der Waals surface area contributed by atoms with Gasteiger partial charge in [0.05, 0.1) is 0 Å². The van der Waals surface area contributed by atoms with Gasteiger partial charge in [-0.2, -0.15) is 4.57 Å². The largest absolute Gasteiger partial charge is 0.359 e. The monoisotopic (exact) mass is 381 g/mol. The predicted molar refractivity (Wildman–Crippen MR) is 113 cm³/mol. The lowest BCUT2D eigenvalue weighted by Gasteiger charge is -2.07. The second-order valence-electron chi connectivity index (χ2n) is 7.34. The topological polar surface area (TPSA) is 58.2 Å². The number of anilines is 1. The second-order valence-corrected chi connectivity index (χ2v) is 7.34. The summed E-state index contributed by atoms with van der Waals surface area (Å²) in [4.78, 5) is 22.5. The van der Waals surface area contributed by atoms with Gasteiger partial charge < -0.3 is 0 Å². The second kappa shape index (κ2) is 7.43. The number of aliphatic imine (C=N–C) groups is 1. The standard InChI is InChI=1S/C24H20N4O/c29-24-21(15-19-12-7-13-25-19)27-23-20(14-17-8-3-1-4-9-17)26-22(16-28(23)24)18-10-5-2-6-11-18/h1-11,13,16,21H,12,14-15H2/p+1. The number of nitrogens with zero attached hydrogens (tertiary/aromatic N) is 3. The van der Waals surface area contributed by atoms with Crippen LogP contribution in [-0.2, 0) is 6.42 Å². The minimum atomic E-state index is -0.309. The molecule has 0 saturated carbocycles. The molecule has 29 heavy (non-hydrogen) atoms. The lowest BCUT2D eigenvalue weighted by molar-refractivity contribution is -0.552. The highest BCUT2D eigenvalue weighted by Crippen LogP contribution is 2.25. The van der Waals surface area contributed by atoms with E-state index in [0.29, 0.717) is 12.8 Å². The van der Waals surface area contributed by atoms with Crippen LogP contribution in [0.25, 0.3) is 11.3 Å². The molecule has 0 fully saturated rings. The maximum absolute atomic E-state index is 13.2. The molecule has 5 heteroatoms. The SMILES string of the molecule is O=C1C(CC2=NC=CC2)Nc2c(Cc3ccccc3)nc(-c3ccccc3)c[n+]21. The smallest absolute Gasteiger partial charge is 0.265 e. The Morgan fingerprint density at radius 3 is 2.52 bits per heavy atom. The Kier molecular flexibility index (Phi) is 4.48. The Labute approximate surface area is 169 Å². The molecule has 2 aliphatic heterocycles. The molecule has 1 unspecified atom stereocenters. The van der Waals surface area contributed by atoms with Gasteiger partial charge in [-0.3, -0.25) is 10.3 Å². The van der Waals surface area contributed by atoms with Gasteiger partial charge in [0.2, 0.25) is 6.04 Å². The molecule has 0 aliphatic carbocycles. The van der Waals surface area contributed by atoms with E-state index in [1.165, 1.54) is 0 Å². The average Bonchev–Trinajstić information content (AvgIpc) is 3.38. The molecule has 1 N–H and O–H groups in total. The summed E-state index contributed by atoms with van der Waals surface area (Å²) in [5.74, 6) is 0.832. The molecule has 142 valence electrons. The molecule has 3 aromatic rings. The fourth-order valence-electron chi connectivity index (χ4n) is 3.84. The first kappa shape index (κ1) is 17.5. The van der Waals surface area contributed by atoms with Crippen LogP contribution in [0.3, 0.4) is 0 Å². The Balaban J connectivity index is 1.55. The van der Waals surface area contributed by atoms with E-state index in [0.717, 1.165) is 40.5 Å². The molecule has 0 spiro atoms. The van der Waals surface area contributed by atoms with E-state index in [-0.39, 0.29) is 11.9 Å². The van der Waals surface area contributed by atoms with Crippen LogP contribution in [-0.4, -0.2) is 22.6 Å². The van der Waals surface area contributed by atoms with Crippen molar-refractivity contribution in [2.75, 3.05) is 5.32 Å². The lowest BCUT2D eigenvalue weighted by atomic mass is 10.1. The van der Waals surface area contributed by atoms with Crippen LogP contribution in [0.5, 0.6) is 0 Å². The summed E-state index contributed by atoms with van der Waals surface area (Å²) in [6.07, 6.45) is 7.77. The molecule has 2 aromatic carbocycles. The first-order chi connectivity index (χ1) is 14.3. The molecule has 3 heterocycles. The summed E-state index contributed by atoms with van der Waals surface area (Å²) in [5, 5.41) is 3.42. The molecular weight excluding hydrogens is 360 g/mol. The highest BCUT2D eigenvalue weighted by atomic mass is 16.2. The Bertz CT molecular complexity index is 1120. The van der Waals surface area contributed by atoms with E-state index in [2.05, 4.69) is 22.4 Å². The maximum atomic E-state index is 13.2. The molecular formula is C24H21N4O+. The number of hydrogen-bond acceptors (Lipinski definition) is 4. The van der Waals surface area contributed by atoms with Crippen molar-refractivity contribution >= 4 is 17.4 Å². The van der Waals surface area contributed by atoms with Crippen LogP contribution in [0.15, 0.2) is 84.1 Å². The fourth-order valence-corrected chi connectivity index (χ4v) is 3.84. The normalized spacial score (nSPS) is 17.2. The number of rotatable bonds is 5. The number of fused-ring (bicyclic) bond motifs is 1. The summed E-state index contributed by atoms with van der Waals surface area (Å²) >= 11 is 0. The van der Waals surface area contributed by atoms with Crippen molar-refractivity contribution in [3.63, 3.8) is 0 Å². The van der Waals surface area contributed by atoms with Crippen LogP contribution in [0.2, 0.25) is 0 Å². The Hall–Kier alpha value is -3.60. The molecule has 1 aromatic heterocycles. The number of benzene rings is 2. The molecule has 5 rings (SSSR count). The summed E-state index contributed by atoms with van der Waals surface area (Å²) in [7, 11) is 0. The van der Waals surface area contributed by atoms with Crippen molar-refractivity contribution in [2.24, 2.45) is 4.99 Å². The zero-order valence-corrected chi connectivity index (χ0v) is 16.0. The van der Waals surface area contributed by atoms with E-state index in [1.807, 2.05) is 67.0 Å².